The number of nitrogens with zero attached hydrogens (tertiary/aromatic N) is 2. The SMILES string of the molecule is CCc1ccc(C(=O)N(Cc2cccs2)Cc2cccn2C)cc1. The second-order valence-electron chi connectivity index (χ2n) is 5.90. The van der Waals surface area contributed by atoms with Gasteiger partial charge in [0.25, 0.3) is 5.91 Å². The number of benzene rings is 1. The fraction of sp³-hybridized carbons (Fsp3) is 0.250. The minimum absolute atomic E-state index is 0.0762. The van der Waals surface area contributed by atoms with Crippen molar-refractivity contribution in [2.75, 3.05) is 0 Å². The molecule has 0 atom stereocenters. The molecule has 0 aliphatic rings. The fourth-order valence-electron chi connectivity index (χ4n) is 2.71. The molecule has 0 spiro atoms. The molecule has 1 amide bonds. The zero-order valence-electron chi connectivity index (χ0n) is 14.1. The van der Waals surface area contributed by atoms with Gasteiger partial charge in [-0.3, -0.25) is 4.79 Å². The van der Waals surface area contributed by atoms with Crippen LogP contribution in [0.5, 0.6) is 0 Å². The lowest BCUT2D eigenvalue weighted by Gasteiger charge is -2.23. The second-order valence-corrected chi connectivity index (χ2v) is 6.93. The van der Waals surface area contributed by atoms with Crippen molar-refractivity contribution in [2.24, 2.45) is 7.05 Å². The van der Waals surface area contributed by atoms with Gasteiger partial charge in [-0.1, -0.05) is 25.1 Å². The smallest absolute Gasteiger partial charge is 0.254 e. The monoisotopic (exact) mass is 338 g/mol. The molecule has 0 unspecified atom stereocenters. The van der Waals surface area contributed by atoms with Gasteiger partial charge in [-0.25, -0.2) is 0 Å². The first kappa shape index (κ1) is 16.5. The summed E-state index contributed by atoms with van der Waals surface area (Å²) in [4.78, 5) is 16.1. The van der Waals surface area contributed by atoms with E-state index in [0.29, 0.717) is 13.1 Å². The van der Waals surface area contributed by atoms with E-state index in [4.69, 9.17) is 0 Å². The maximum Gasteiger partial charge on any atom is 0.254 e. The lowest BCUT2D eigenvalue weighted by molar-refractivity contribution is 0.0728. The van der Waals surface area contributed by atoms with E-state index in [0.717, 1.165) is 17.7 Å². The minimum Gasteiger partial charge on any atom is -0.353 e. The zero-order chi connectivity index (χ0) is 16.9. The summed E-state index contributed by atoms with van der Waals surface area (Å²) in [5.41, 5.74) is 3.13. The van der Waals surface area contributed by atoms with Gasteiger partial charge >= 0.3 is 0 Å². The molecule has 0 saturated heterocycles. The number of carbonyl (C=O) groups excluding carboxylic acids is 1. The summed E-state index contributed by atoms with van der Waals surface area (Å²) in [6.07, 6.45) is 3.00. The highest BCUT2D eigenvalue weighted by molar-refractivity contribution is 7.09. The van der Waals surface area contributed by atoms with E-state index in [1.807, 2.05) is 54.5 Å². The standard InChI is InChI=1S/C20H22N2OS/c1-3-16-8-10-17(11-9-16)20(23)22(15-19-7-5-13-24-19)14-18-6-4-12-21(18)2/h4-13H,3,14-15H2,1-2H3. The van der Waals surface area contributed by atoms with Crippen molar-refractivity contribution in [1.82, 2.24) is 9.47 Å². The van der Waals surface area contributed by atoms with Crippen molar-refractivity contribution in [3.05, 3.63) is 81.8 Å². The van der Waals surface area contributed by atoms with Gasteiger partial charge in [0.15, 0.2) is 0 Å². The third kappa shape index (κ3) is 3.77. The van der Waals surface area contributed by atoms with Gasteiger partial charge < -0.3 is 9.47 Å². The maximum absolute atomic E-state index is 13.0. The third-order valence-electron chi connectivity index (χ3n) is 4.23. The van der Waals surface area contributed by atoms with Gasteiger partial charge in [0.2, 0.25) is 0 Å². The minimum atomic E-state index is 0.0762. The second kappa shape index (κ2) is 7.49. The molecule has 3 rings (SSSR count). The van der Waals surface area contributed by atoms with Crippen LogP contribution in [-0.4, -0.2) is 15.4 Å². The normalized spacial score (nSPS) is 10.8. The first-order valence-corrected chi connectivity index (χ1v) is 9.06. The number of amides is 1. The van der Waals surface area contributed by atoms with Crippen molar-refractivity contribution >= 4 is 17.2 Å². The lowest BCUT2D eigenvalue weighted by atomic mass is 10.1. The highest BCUT2D eigenvalue weighted by Gasteiger charge is 2.18. The number of aromatic nitrogens is 1. The van der Waals surface area contributed by atoms with Crippen LogP contribution in [0.4, 0.5) is 0 Å². The summed E-state index contributed by atoms with van der Waals surface area (Å²) >= 11 is 1.69. The fourth-order valence-corrected chi connectivity index (χ4v) is 3.43. The number of hydrogen-bond donors (Lipinski definition) is 0. The first-order valence-electron chi connectivity index (χ1n) is 8.18. The molecule has 0 saturated carbocycles. The van der Waals surface area contributed by atoms with E-state index >= 15 is 0 Å². The Hall–Kier alpha value is -2.33. The number of aryl methyl sites for hydroxylation is 2. The molecule has 24 heavy (non-hydrogen) atoms. The van der Waals surface area contributed by atoms with E-state index in [2.05, 4.69) is 29.0 Å². The molecule has 2 aromatic heterocycles. The molecule has 4 heteroatoms. The highest BCUT2D eigenvalue weighted by atomic mass is 32.1. The molecule has 0 fully saturated rings. The molecule has 2 heterocycles. The van der Waals surface area contributed by atoms with Crippen molar-refractivity contribution in [3.63, 3.8) is 0 Å². The Labute approximate surface area is 147 Å². The predicted molar refractivity (Wildman–Crippen MR) is 99.1 cm³/mol. The Morgan fingerprint density at radius 2 is 1.88 bits per heavy atom. The van der Waals surface area contributed by atoms with E-state index in [9.17, 15) is 4.79 Å². The third-order valence-corrected chi connectivity index (χ3v) is 5.09. The van der Waals surface area contributed by atoms with Crippen LogP contribution < -0.4 is 0 Å². The zero-order valence-corrected chi connectivity index (χ0v) is 14.9. The van der Waals surface area contributed by atoms with Crippen LogP contribution in [0.25, 0.3) is 0 Å². The summed E-state index contributed by atoms with van der Waals surface area (Å²) in [5, 5.41) is 2.05. The number of rotatable bonds is 6. The number of hydrogen-bond acceptors (Lipinski definition) is 2. The Bertz CT molecular complexity index is 787. The number of thiophene rings is 1. The molecular formula is C20H22N2OS. The van der Waals surface area contributed by atoms with E-state index in [1.54, 1.807) is 11.3 Å². The van der Waals surface area contributed by atoms with Gasteiger partial charge in [-0.15, -0.1) is 11.3 Å². The molecule has 3 nitrogen and oxygen atoms in total. The van der Waals surface area contributed by atoms with Crippen molar-refractivity contribution in [1.29, 1.82) is 0 Å². The Morgan fingerprint density at radius 3 is 2.46 bits per heavy atom. The van der Waals surface area contributed by atoms with Crippen LogP contribution in [0.2, 0.25) is 0 Å². The summed E-state index contributed by atoms with van der Waals surface area (Å²) < 4.78 is 2.06. The van der Waals surface area contributed by atoms with Crippen molar-refractivity contribution < 1.29 is 4.79 Å². The molecule has 0 aliphatic heterocycles. The molecule has 0 radical (unpaired) electrons. The van der Waals surface area contributed by atoms with Crippen LogP contribution in [0, 0.1) is 0 Å². The largest absolute Gasteiger partial charge is 0.353 e. The van der Waals surface area contributed by atoms with E-state index in [-0.39, 0.29) is 5.91 Å². The first-order chi connectivity index (χ1) is 11.7. The summed E-state index contributed by atoms with van der Waals surface area (Å²) in [5.74, 6) is 0.0762. The predicted octanol–water partition coefficient (Wildman–Crippen LogP) is 4.49. The molecular weight excluding hydrogens is 316 g/mol. The summed E-state index contributed by atoms with van der Waals surface area (Å²) in [6, 6.07) is 16.1. The van der Waals surface area contributed by atoms with Gasteiger partial charge in [0, 0.05) is 29.4 Å². The molecule has 1 aromatic carbocycles. The Morgan fingerprint density at radius 1 is 1.08 bits per heavy atom. The van der Waals surface area contributed by atoms with Crippen LogP contribution in [-0.2, 0) is 26.6 Å². The summed E-state index contributed by atoms with van der Waals surface area (Å²) in [6.45, 7) is 3.36. The Kier molecular flexibility index (Phi) is 5.16. The van der Waals surface area contributed by atoms with Gasteiger partial charge in [0.05, 0.1) is 13.1 Å². The van der Waals surface area contributed by atoms with Gasteiger partial charge in [0.1, 0.15) is 0 Å². The topological polar surface area (TPSA) is 25.2 Å². The summed E-state index contributed by atoms with van der Waals surface area (Å²) in [7, 11) is 2.01. The van der Waals surface area contributed by atoms with Gasteiger partial charge in [-0.2, -0.15) is 0 Å². The molecule has 0 N–H and O–H groups in total. The number of carbonyl (C=O) groups is 1. The quantitative estimate of drug-likeness (QED) is 0.650. The van der Waals surface area contributed by atoms with Gasteiger partial charge in [-0.05, 0) is 47.7 Å². The van der Waals surface area contributed by atoms with Crippen molar-refractivity contribution in [3.8, 4) is 0 Å². The molecule has 3 aromatic rings. The average molecular weight is 338 g/mol. The van der Waals surface area contributed by atoms with Crippen LogP contribution in [0.1, 0.15) is 33.4 Å². The average Bonchev–Trinajstić information content (AvgIpc) is 3.26. The van der Waals surface area contributed by atoms with Crippen molar-refractivity contribution in [2.45, 2.75) is 26.4 Å². The molecule has 0 bridgehead atoms. The maximum atomic E-state index is 13.0. The van der Waals surface area contributed by atoms with E-state index < -0.39 is 0 Å². The highest BCUT2D eigenvalue weighted by Crippen LogP contribution is 2.18. The van der Waals surface area contributed by atoms with Crippen LogP contribution in [0.15, 0.2) is 60.1 Å². The molecule has 124 valence electrons. The van der Waals surface area contributed by atoms with Crippen LogP contribution >= 0.6 is 11.3 Å². The van der Waals surface area contributed by atoms with Crippen LogP contribution in [0.3, 0.4) is 0 Å². The molecule has 0 aliphatic carbocycles. The Balaban J connectivity index is 1.84. The lowest BCUT2D eigenvalue weighted by Crippen LogP contribution is -2.30. The van der Waals surface area contributed by atoms with E-state index in [1.165, 1.54) is 10.4 Å².